The molecule has 3 aliphatic rings. The Morgan fingerprint density at radius 2 is 1.69 bits per heavy atom. The van der Waals surface area contributed by atoms with Crippen LogP contribution in [0.25, 0.3) is 0 Å². The second-order valence-corrected chi connectivity index (χ2v) is 15.6. The van der Waals surface area contributed by atoms with Crippen molar-refractivity contribution >= 4 is 46.7 Å². The Labute approximate surface area is 279 Å². The number of nitrogens with one attached hydrogen (secondary N) is 1. The van der Waals surface area contributed by atoms with Gasteiger partial charge in [-0.3, -0.25) is 14.4 Å². The highest BCUT2D eigenvalue weighted by Crippen LogP contribution is 2.41. The van der Waals surface area contributed by atoms with Crippen molar-refractivity contribution in [2.75, 3.05) is 46.9 Å². The number of halogens is 1. The van der Waals surface area contributed by atoms with Gasteiger partial charge in [0.1, 0.15) is 6.04 Å². The van der Waals surface area contributed by atoms with Gasteiger partial charge in [-0.25, -0.2) is 0 Å². The highest BCUT2D eigenvalue weighted by atomic mass is 35.5. The van der Waals surface area contributed by atoms with Crippen molar-refractivity contribution in [2.45, 2.75) is 90.8 Å². The molecular weight excluding hydrogens is 610 g/mol. The molecule has 0 spiro atoms. The van der Waals surface area contributed by atoms with E-state index in [1.807, 2.05) is 41.0 Å². The molecule has 4 atom stereocenters. The number of hydrogen-bond acceptors (Lipinski definition) is 5. The third-order valence-corrected chi connectivity index (χ3v) is 10.8. The summed E-state index contributed by atoms with van der Waals surface area (Å²) in [6, 6.07) is 6.58. The topological polar surface area (TPSA) is 96.4 Å². The van der Waals surface area contributed by atoms with E-state index in [1.54, 1.807) is 32.8 Å². The van der Waals surface area contributed by atoms with Crippen LogP contribution in [0.4, 0.5) is 0 Å². The van der Waals surface area contributed by atoms with Crippen LogP contribution in [0.3, 0.4) is 0 Å². The Kier molecular flexibility index (Phi) is 11.1. The lowest BCUT2D eigenvalue weighted by atomic mass is 9.74. The van der Waals surface area contributed by atoms with Crippen molar-refractivity contribution in [3.8, 4) is 0 Å². The molecule has 9 nitrogen and oxygen atoms in total. The maximum Gasteiger partial charge on any atom is 0.244 e. The van der Waals surface area contributed by atoms with Crippen molar-refractivity contribution in [1.82, 2.24) is 24.9 Å². The number of carbonyl (C=O) groups excluding carboxylic acids is 3. The molecule has 0 unspecified atom stereocenters. The molecule has 45 heavy (non-hydrogen) atoms. The van der Waals surface area contributed by atoms with Gasteiger partial charge < -0.3 is 30.0 Å². The average Bonchev–Trinajstić information content (AvgIpc) is 3.63. The van der Waals surface area contributed by atoms with E-state index in [-0.39, 0.29) is 54.3 Å². The fourth-order valence-electron chi connectivity index (χ4n) is 7.24. The molecule has 3 fully saturated rings. The summed E-state index contributed by atoms with van der Waals surface area (Å²) in [5, 5.41) is 14.6. The van der Waals surface area contributed by atoms with Crippen LogP contribution in [0.15, 0.2) is 24.3 Å². The highest BCUT2D eigenvalue weighted by Gasteiger charge is 2.51. The van der Waals surface area contributed by atoms with E-state index in [0.717, 1.165) is 31.2 Å². The normalized spacial score (nSPS) is 25.3. The quantitative estimate of drug-likeness (QED) is 0.405. The summed E-state index contributed by atoms with van der Waals surface area (Å²) in [4.78, 5) is 49.8. The van der Waals surface area contributed by atoms with Gasteiger partial charge in [-0.1, -0.05) is 37.6 Å². The summed E-state index contributed by atoms with van der Waals surface area (Å²) in [5.41, 5.74) is 0.230. The van der Waals surface area contributed by atoms with E-state index >= 15 is 0 Å². The van der Waals surface area contributed by atoms with Crippen molar-refractivity contribution < 1.29 is 19.5 Å². The van der Waals surface area contributed by atoms with Crippen molar-refractivity contribution in [1.29, 1.82) is 0 Å². The summed E-state index contributed by atoms with van der Waals surface area (Å²) in [5.74, 6) is -0.949. The number of benzene rings is 1. The highest BCUT2D eigenvalue weighted by molar-refractivity contribution is 7.80. The zero-order chi connectivity index (χ0) is 33.3. The van der Waals surface area contributed by atoms with Gasteiger partial charge in [0.25, 0.3) is 0 Å². The number of hydrogen-bond donors (Lipinski definition) is 2. The van der Waals surface area contributed by atoms with Gasteiger partial charge in [-0.15, -0.1) is 0 Å². The molecule has 0 aromatic heterocycles. The van der Waals surface area contributed by atoms with E-state index in [4.69, 9.17) is 23.8 Å². The predicted molar refractivity (Wildman–Crippen MR) is 182 cm³/mol. The number of thiocarbonyl (C=S) groups is 1. The minimum absolute atomic E-state index is 0.00668. The summed E-state index contributed by atoms with van der Waals surface area (Å²) in [6.45, 7) is 11.7. The number of carbonyl (C=O) groups is 3. The van der Waals surface area contributed by atoms with E-state index in [0.29, 0.717) is 36.2 Å². The van der Waals surface area contributed by atoms with Crippen LogP contribution in [0.2, 0.25) is 5.02 Å². The van der Waals surface area contributed by atoms with Gasteiger partial charge >= 0.3 is 0 Å². The number of likely N-dealkylation sites (N-methyl/N-ethyl adjacent to an activating group) is 1. The Bertz CT molecular complexity index is 1250. The monoisotopic (exact) mass is 661 g/mol. The van der Waals surface area contributed by atoms with E-state index in [9.17, 15) is 19.5 Å². The second kappa shape index (κ2) is 14.1. The second-order valence-electron chi connectivity index (χ2n) is 14.8. The SMILES string of the molecule is CCNC(=S)N1C[C@@H](C(=O)N2C[C@@H](N(C(=O)C(C)(C)CO)C3CCC(C)(C)CC3)C[C@H]2C(=O)N(C)C)[C@H](c2ccc(Cl)cc2)C1. The first kappa shape index (κ1) is 35.4. The number of nitrogens with zero attached hydrogens (tertiary/aromatic N) is 4. The summed E-state index contributed by atoms with van der Waals surface area (Å²) >= 11 is 11.9. The molecule has 1 saturated carbocycles. The fourth-order valence-corrected chi connectivity index (χ4v) is 7.66. The first-order valence-corrected chi connectivity index (χ1v) is 17.1. The van der Waals surface area contributed by atoms with Crippen LogP contribution in [0.5, 0.6) is 0 Å². The number of aliphatic hydroxyl groups excluding tert-OH is 1. The zero-order valence-electron chi connectivity index (χ0n) is 28.0. The Balaban J connectivity index is 1.69. The maximum absolute atomic E-state index is 14.7. The van der Waals surface area contributed by atoms with Gasteiger partial charge in [-0.05, 0) is 88.2 Å². The molecule has 1 aromatic carbocycles. The van der Waals surface area contributed by atoms with Gasteiger partial charge in [0.15, 0.2) is 5.11 Å². The van der Waals surface area contributed by atoms with Crippen molar-refractivity contribution in [2.24, 2.45) is 16.7 Å². The lowest BCUT2D eigenvalue weighted by Crippen LogP contribution is -2.55. The van der Waals surface area contributed by atoms with Gasteiger partial charge in [0.05, 0.1) is 24.0 Å². The Morgan fingerprint density at radius 1 is 1.07 bits per heavy atom. The van der Waals surface area contributed by atoms with Crippen LogP contribution in [0, 0.1) is 16.7 Å². The Morgan fingerprint density at radius 3 is 2.24 bits per heavy atom. The minimum Gasteiger partial charge on any atom is -0.395 e. The summed E-state index contributed by atoms with van der Waals surface area (Å²) < 4.78 is 0. The number of rotatable bonds is 8. The third-order valence-electron chi connectivity index (χ3n) is 10.1. The molecule has 4 rings (SSSR count). The van der Waals surface area contributed by atoms with Crippen LogP contribution in [0.1, 0.15) is 78.2 Å². The van der Waals surface area contributed by atoms with Crippen molar-refractivity contribution in [3.63, 3.8) is 0 Å². The number of likely N-dealkylation sites (tertiary alicyclic amines) is 2. The first-order valence-electron chi connectivity index (χ1n) is 16.3. The van der Waals surface area contributed by atoms with E-state index < -0.39 is 17.4 Å². The molecule has 2 aliphatic heterocycles. The lowest BCUT2D eigenvalue weighted by Gasteiger charge is -2.45. The van der Waals surface area contributed by atoms with E-state index in [1.165, 1.54) is 4.90 Å². The van der Waals surface area contributed by atoms with E-state index in [2.05, 4.69) is 19.2 Å². The van der Waals surface area contributed by atoms with Crippen LogP contribution >= 0.6 is 23.8 Å². The largest absolute Gasteiger partial charge is 0.395 e. The molecular formula is C34H52ClN5O4S. The van der Waals surface area contributed by atoms with Gasteiger partial charge in [-0.2, -0.15) is 0 Å². The van der Waals surface area contributed by atoms with Crippen LogP contribution in [-0.4, -0.2) is 113 Å². The third kappa shape index (κ3) is 7.76. The predicted octanol–water partition coefficient (Wildman–Crippen LogP) is 4.12. The molecule has 2 heterocycles. The standard InChI is InChI=1S/C34H52ClN5O4S/c1-8-36-32(45)38-19-26(22-9-11-23(35)12-10-22)27(20-38)29(42)39-18-25(17-28(39)30(43)37(6)7)40(31(44)34(4,5)21-41)24-13-15-33(2,3)16-14-24/h9-12,24-28,41H,8,13-21H2,1-7H3,(H,36,45)/t25-,26-,27+,28-/m0/s1. The summed E-state index contributed by atoms with van der Waals surface area (Å²) in [6.07, 6.45) is 4.06. The molecule has 11 heteroatoms. The molecule has 0 bridgehead atoms. The molecule has 1 aliphatic carbocycles. The average molecular weight is 662 g/mol. The fraction of sp³-hybridized carbons (Fsp3) is 0.706. The first-order chi connectivity index (χ1) is 21.1. The smallest absolute Gasteiger partial charge is 0.244 e. The number of amides is 3. The Hall–Kier alpha value is -2.43. The molecule has 2 N–H and O–H groups in total. The van der Waals surface area contributed by atoms with Crippen LogP contribution in [-0.2, 0) is 14.4 Å². The molecule has 0 radical (unpaired) electrons. The van der Waals surface area contributed by atoms with Crippen LogP contribution < -0.4 is 5.32 Å². The minimum atomic E-state index is -0.973. The van der Waals surface area contributed by atoms with Crippen molar-refractivity contribution in [3.05, 3.63) is 34.9 Å². The molecule has 3 amide bonds. The molecule has 1 aromatic rings. The summed E-state index contributed by atoms with van der Waals surface area (Å²) in [7, 11) is 3.42. The zero-order valence-corrected chi connectivity index (χ0v) is 29.6. The lowest BCUT2D eigenvalue weighted by molar-refractivity contribution is -0.149. The molecule has 2 saturated heterocycles. The van der Waals surface area contributed by atoms with Gasteiger partial charge in [0, 0.05) is 57.3 Å². The van der Waals surface area contributed by atoms with Gasteiger partial charge in [0.2, 0.25) is 17.7 Å². The maximum atomic E-state index is 14.7. The molecule has 250 valence electrons. The number of aliphatic hydroxyl groups is 1.